The number of halogens is 1. The Balaban J connectivity index is 2.21. The van der Waals surface area contributed by atoms with Crippen molar-refractivity contribution < 1.29 is 18.3 Å². The molecular formula is C12H16BrNO4S2. The maximum absolute atomic E-state index is 11.7. The first-order valence-electron chi connectivity index (χ1n) is 6.20. The average molecular weight is 382 g/mol. The van der Waals surface area contributed by atoms with E-state index >= 15 is 0 Å². The Hall–Kier alpha value is -0.440. The van der Waals surface area contributed by atoms with E-state index in [9.17, 15) is 13.2 Å². The van der Waals surface area contributed by atoms with Crippen LogP contribution in [0, 0.1) is 0 Å². The summed E-state index contributed by atoms with van der Waals surface area (Å²) in [5, 5.41) is 11.0. The highest BCUT2D eigenvalue weighted by Crippen LogP contribution is 2.32. The number of carboxylic acids is 1. The number of aliphatic carboxylic acids is 1. The van der Waals surface area contributed by atoms with Crippen LogP contribution in [0.2, 0.25) is 0 Å². The molecule has 1 aromatic heterocycles. The van der Waals surface area contributed by atoms with Gasteiger partial charge < -0.3 is 5.11 Å². The van der Waals surface area contributed by atoms with Crippen LogP contribution in [0.25, 0.3) is 0 Å². The summed E-state index contributed by atoms with van der Waals surface area (Å²) in [6.45, 7) is 2.38. The van der Waals surface area contributed by atoms with E-state index in [1.807, 2.05) is 23.3 Å². The van der Waals surface area contributed by atoms with Gasteiger partial charge in [-0.05, 0) is 28.9 Å². The van der Waals surface area contributed by atoms with E-state index in [2.05, 4.69) is 15.9 Å². The highest BCUT2D eigenvalue weighted by atomic mass is 79.9. The van der Waals surface area contributed by atoms with Gasteiger partial charge in [0.15, 0.2) is 9.84 Å². The molecule has 20 heavy (non-hydrogen) atoms. The third-order valence-electron chi connectivity index (χ3n) is 3.48. The van der Waals surface area contributed by atoms with Crippen LogP contribution in [-0.2, 0) is 14.6 Å². The number of hydrogen-bond donors (Lipinski definition) is 1. The molecule has 2 atom stereocenters. The fraction of sp³-hybridized carbons (Fsp3) is 0.583. The summed E-state index contributed by atoms with van der Waals surface area (Å²) in [4.78, 5) is 14.1. The van der Waals surface area contributed by atoms with Crippen molar-refractivity contribution in [2.75, 3.05) is 18.1 Å². The topological polar surface area (TPSA) is 74.7 Å². The first kappa shape index (κ1) is 15.9. The van der Waals surface area contributed by atoms with Crippen molar-refractivity contribution in [1.29, 1.82) is 0 Å². The van der Waals surface area contributed by atoms with Crippen molar-refractivity contribution in [2.24, 2.45) is 0 Å². The van der Waals surface area contributed by atoms with Gasteiger partial charge in [-0.2, -0.15) is 0 Å². The monoisotopic (exact) mass is 381 g/mol. The number of hydrogen-bond acceptors (Lipinski definition) is 5. The van der Waals surface area contributed by atoms with Gasteiger partial charge in [0.25, 0.3) is 0 Å². The molecule has 1 N–H and O–H groups in total. The molecule has 0 amide bonds. The van der Waals surface area contributed by atoms with Gasteiger partial charge in [-0.1, -0.05) is 0 Å². The molecule has 1 aromatic rings. The van der Waals surface area contributed by atoms with Crippen LogP contribution in [0.15, 0.2) is 15.9 Å². The van der Waals surface area contributed by atoms with Crippen molar-refractivity contribution in [1.82, 2.24) is 4.90 Å². The lowest BCUT2D eigenvalue weighted by atomic mass is 10.1. The first-order chi connectivity index (χ1) is 9.28. The summed E-state index contributed by atoms with van der Waals surface area (Å²) in [5.74, 6) is -0.937. The molecule has 1 aliphatic heterocycles. The smallest absolute Gasteiger partial charge is 0.304 e. The molecule has 0 aromatic carbocycles. The maximum Gasteiger partial charge on any atom is 0.304 e. The first-order valence-corrected chi connectivity index (χ1v) is 9.70. The molecule has 5 nitrogen and oxygen atoms in total. The van der Waals surface area contributed by atoms with E-state index in [0.29, 0.717) is 6.54 Å². The van der Waals surface area contributed by atoms with E-state index in [1.165, 1.54) is 0 Å². The summed E-state index contributed by atoms with van der Waals surface area (Å²) in [6.07, 6.45) is -0.143. The third kappa shape index (κ3) is 3.81. The van der Waals surface area contributed by atoms with Crippen molar-refractivity contribution in [3.63, 3.8) is 0 Å². The van der Waals surface area contributed by atoms with Crippen molar-refractivity contribution >= 4 is 43.1 Å². The molecule has 0 aliphatic carbocycles. The van der Waals surface area contributed by atoms with Gasteiger partial charge in [0, 0.05) is 33.4 Å². The molecule has 1 saturated heterocycles. The van der Waals surface area contributed by atoms with Gasteiger partial charge >= 0.3 is 5.97 Å². The summed E-state index contributed by atoms with van der Waals surface area (Å²) in [5.41, 5.74) is 0. The zero-order valence-electron chi connectivity index (χ0n) is 11.0. The van der Waals surface area contributed by atoms with Crippen LogP contribution in [0.3, 0.4) is 0 Å². The SMILES string of the molecule is CC(c1cc(Br)cs1)N1CCS(=O)(=O)CC1CC(=O)O. The Morgan fingerprint density at radius 2 is 2.35 bits per heavy atom. The summed E-state index contributed by atoms with van der Waals surface area (Å²) in [7, 11) is -3.13. The fourth-order valence-electron chi connectivity index (χ4n) is 2.50. The second-order valence-electron chi connectivity index (χ2n) is 4.95. The molecule has 8 heteroatoms. The second kappa shape index (κ2) is 6.13. The van der Waals surface area contributed by atoms with E-state index in [4.69, 9.17) is 5.11 Å². The van der Waals surface area contributed by atoms with Crippen LogP contribution >= 0.6 is 27.3 Å². The van der Waals surface area contributed by atoms with E-state index < -0.39 is 21.8 Å². The van der Waals surface area contributed by atoms with Gasteiger partial charge in [0.05, 0.1) is 17.9 Å². The van der Waals surface area contributed by atoms with Gasteiger partial charge in [-0.15, -0.1) is 11.3 Å². The van der Waals surface area contributed by atoms with E-state index in [-0.39, 0.29) is 24.0 Å². The lowest BCUT2D eigenvalue weighted by Gasteiger charge is -2.38. The highest BCUT2D eigenvalue weighted by molar-refractivity contribution is 9.10. The Labute approximate surface area is 130 Å². The van der Waals surface area contributed by atoms with Gasteiger partial charge in [0.2, 0.25) is 0 Å². The summed E-state index contributed by atoms with van der Waals surface area (Å²) < 4.78 is 24.4. The molecular weight excluding hydrogens is 366 g/mol. The number of carboxylic acid groups (broad SMARTS) is 1. The van der Waals surface area contributed by atoms with Crippen LogP contribution < -0.4 is 0 Å². The number of rotatable bonds is 4. The van der Waals surface area contributed by atoms with Crippen molar-refractivity contribution in [3.8, 4) is 0 Å². The minimum atomic E-state index is -3.13. The van der Waals surface area contributed by atoms with Crippen LogP contribution in [0.5, 0.6) is 0 Å². The lowest BCUT2D eigenvalue weighted by Crippen LogP contribution is -2.50. The number of sulfone groups is 1. The second-order valence-corrected chi connectivity index (χ2v) is 9.03. The van der Waals surface area contributed by atoms with Gasteiger partial charge in [0.1, 0.15) is 0 Å². The van der Waals surface area contributed by atoms with Crippen LogP contribution in [-0.4, -0.2) is 48.5 Å². The minimum absolute atomic E-state index is 0.0196. The highest BCUT2D eigenvalue weighted by Gasteiger charge is 2.35. The molecule has 0 spiro atoms. The molecule has 0 saturated carbocycles. The average Bonchev–Trinajstić information content (AvgIpc) is 2.73. The molecule has 2 heterocycles. The standard InChI is InChI=1S/C12H16BrNO4S2/c1-8(11-4-9(13)6-19-11)14-2-3-20(17,18)7-10(14)5-12(15)16/h4,6,8,10H,2-3,5,7H2,1H3,(H,15,16). The Morgan fingerprint density at radius 1 is 1.65 bits per heavy atom. The number of carbonyl (C=O) groups is 1. The zero-order valence-corrected chi connectivity index (χ0v) is 14.2. The minimum Gasteiger partial charge on any atom is -0.481 e. The molecule has 112 valence electrons. The lowest BCUT2D eigenvalue weighted by molar-refractivity contribution is -0.138. The summed E-state index contributed by atoms with van der Waals surface area (Å²) >= 11 is 4.99. The molecule has 0 bridgehead atoms. The maximum atomic E-state index is 11.7. The van der Waals surface area contributed by atoms with Gasteiger partial charge in [-0.25, -0.2) is 8.42 Å². The van der Waals surface area contributed by atoms with E-state index in [0.717, 1.165) is 9.35 Å². The third-order valence-corrected chi connectivity index (χ3v) is 7.04. The van der Waals surface area contributed by atoms with E-state index in [1.54, 1.807) is 11.3 Å². The largest absolute Gasteiger partial charge is 0.481 e. The predicted octanol–water partition coefficient (Wildman–Crippen LogP) is 2.15. The van der Waals surface area contributed by atoms with Crippen molar-refractivity contribution in [2.45, 2.75) is 25.4 Å². The quantitative estimate of drug-likeness (QED) is 0.864. The molecule has 1 fully saturated rings. The van der Waals surface area contributed by atoms with Crippen LogP contribution in [0.1, 0.15) is 24.3 Å². The predicted molar refractivity (Wildman–Crippen MR) is 81.8 cm³/mol. The fourth-order valence-corrected chi connectivity index (χ4v) is 5.57. The summed E-state index contributed by atoms with van der Waals surface area (Å²) in [6, 6.07) is 1.56. The van der Waals surface area contributed by atoms with Crippen molar-refractivity contribution in [3.05, 3.63) is 20.8 Å². The Kier molecular flexibility index (Phi) is 4.88. The Bertz CT molecular complexity index is 598. The number of nitrogens with zero attached hydrogens (tertiary/aromatic N) is 1. The molecule has 2 rings (SSSR count). The van der Waals surface area contributed by atoms with Crippen LogP contribution in [0.4, 0.5) is 0 Å². The normalized spacial score (nSPS) is 24.4. The molecule has 1 aliphatic rings. The number of thiophene rings is 1. The molecule has 2 unspecified atom stereocenters. The molecule has 0 radical (unpaired) electrons. The zero-order chi connectivity index (χ0) is 14.9. The Morgan fingerprint density at radius 3 is 2.90 bits per heavy atom. The van der Waals surface area contributed by atoms with Gasteiger partial charge in [-0.3, -0.25) is 9.69 Å².